The predicted octanol–water partition coefficient (Wildman–Crippen LogP) is 3.86. The van der Waals surface area contributed by atoms with Crippen LogP contribution >= 0.6 is 11.8 Å². The van der Waals surface area contributed by atoms with Gasteiger partial charge in [0.15, 0.2) is 0 Å². The van der Waals surface area contributed by atoms with Crippen molar-refractivity contribution in [1.82, 2.24) is 25.5 Å². The number of benzene rings is 3. The van der Waals surface area contributed by atoms with Crippen LogP contribution in [0.2, 0.25) is 0 Å². The molecule has 4 rings (SSSR count). The van der Waals surface area contributed by atoms with E-state index in [2.05, 4.69) is 33.0 Å². The average molecular weight is 446 g/mol. The molecule has 0 aliphatic heterocycles. The summed E-state index contributed by atoms with van der Waals surface area (Å²) in [5.74, 6) is 0.874. The molecule has 1 unspecified atom stereocenters. The summed E-state index contributed by atoms with van der Waals surface area (Å²) in [7, 11) is 1.62. The van der Waals surface area contributed by atoms with Gasteiger partial charge >= 0.3 is 0 Å². The van der Waals surface area contributed by atoms with E-state index < -0.39 is 0 Å². The first kappa shape index (κ1) is 21.6. The van der Waals surface area contributed by atoms with Crippen molar-refractivity contribution in [2.75, 3.05) is 12.9 Å². The van der Waals surface area contributed by atoms with Gasteiger partial charge in [-0.15, -0.1) is 5.10 Å². The van der Waals surface area contributed by atoms with E-state index in [1.54, 1.807) is 11.8 Å². The monoisotopic (exact) mass is 445 g/mol. The van der Waals surface area contributed by atoms with Gasteiger partial charge in [0, 0.05) is 0 Å². The zero-order valence-corrected chi connectivity index (χ0v) is 18.4. The fourth-order valence-electron chi connectivity index (χ4n) is 3.31. The van der Waals surface area contributed by atoms with E-state index in [4.69, 9.17) is 4.74 Å². The van der Waals surface area contributed by atoms with Crippen LogP contribution < -0.4 is 10.1 Å². The number of carbonyl (C=O) groups is 1. The van der Waals surface area contributed by atoms with Crippen LogP contribution in [0.3, 0.4) is 0 Å². The van der Waals surface area contributed by atoms with E-state index in [1.807, 2.05) is 72.8 Å². The summed E-state index contributed by atoms with van der Waals surface area (Å²) in [5.41, 5.74) is 3.03. The van der Waals surface area contributed by atoms with Crippen molar-refractivity contribution in [2.45, 2.75) is 17.6 Å². The van der Waals surface area contributed by atoms with E-state index in [-0.39, 0.29) is 17.7 Å². The van der Waals surface area contributed by atoms with E-state index >= 15 is 0 Å². The minimum atomic E-state index is -0.121. The fraction of sp³-hybridized carbons (Fsp3) is 0.167. The highest BCUT2D eigenvalue weighted by molar-refractivity contribution is 7.99. The molecule has 0 saturated carbocycles. The molecule has 32 heavy (non-hydrogen) atoms. The standard InChI is InChI=1S/C24H23N5O2S/c1-31-21-14-12-20(13-15-21)29-24(26-27-28-29)32-17-23(30)25-22(19-10-6-3-7-11-19)16-18-8-4-2-5-9-18/h2-15,22H,16-17H2,1H3,(H,25,30). The molecule has 162 valence electrons. The summed E-state index contributed by atoms with van der Waals surface area (Å²) < 4.78 is 6.80. The number of hydrogen-bond acceptors (Lipinski definition) is 6. The number of amides is 1. The number of methoxy groups -OCH3 is 1. The Morgan fingerprint density at radius 1 is 1.00 bits per heavy atom. The maximum Gasteiger partial charge on any atom is 0.230 e. The minimum absolute atomic E-state index is 0.0796. The van der Waals surface area contributed by atoms with Crippen LogP contribution in [0.1, 0.15) is 17.2 Å². The van der Waals surface area contributed by atoms with Crippen molar-refractivity contribution < 1.29 is 9.53 Å². The summed E-state index contributed by atoms with van der Waals surface area (Å²) in [6, 6.07) is 27.4. The molecule has 0 bridgehead atoms. The van der Waals surface area contributed by atoms with Crippen molar-refractivity contribution in [3.8, 4) is 11.4 Å². The normalized spacial score (nSPS) is 11.7. The molecular weight excluding hydrogens is 422 g/mol. The Bertz CT molecular complexity index is 1130. The van der Waals surface area contributed by atoms with Crippen LogP contribution in [0.4, 0.5) is 0 Å². The van der Waals surface area contributed by atoms with Crippen LogP contribution in [-0.4, -0.2) is 39.0 Å². The van der Waals surface area contributed by atoms with Crippen LogP contribution in [0, 0.1) is 0 Å². The van der Waals surface area contributed by atoms with Gasteiger partial charge in [0.1, 0.15) is 5.75 Å². The average Bonchev–Trinajstić information content (AvgIpc) is 3.32. The number of aromatic nitrogens is 4. The number of carbonyl (C=O) groups excluding carboxylic acids is 1. The number of nitrogens with zero attached hydrogens (tertiary/aromatic N) is 4. The van der Waals surface area contributed by atoms with Gasteiger partial charge in [-0.25, -0.2) is 0 Å². The summed E-state index contributed by atoms with van der Waals surface area (Å²) in [4.78, 5) is 12.8. The van der Waals surface area contributed by atoms with Crippen molar-refractivity contribution in [2.24, 2.45) is 0 Å². The van der Waals surface area contributed by atoms with Gasteiger partial charge in [-0.05, 0) is 52.2 Å². The SMILES string of the molecule is COc1ccc(-n2nnnc2SCC(=O)NC(Cc2ccccc2)c2ccccc2)cc1. The van der Waals surface area contributed by atoms with E-state index in [1.165, 1.54) is 11.8 Å². The molecule has 1 heterocycles. The third kappa shape index (κ3) is 5.53. The lowest BCUT2D eigenvalue weighted by molar-refractivity contribution is -0.119. The first-order valence-corrected chi connectivity index (χ1v) is 11.2. The number of hydrogen-bond donors (Lipinski definition) is 1. The molecule has 0 radical (unpaired) electrons. The predicted molar refractivity (Wildman–Crippen MR) is 124 cm³/mol. The molecule has 1 amide bonds. The Labute approximate surface area is 190 Å². The minimum Gasteiger partial charge on any atom is -0.497 e. The molecule has 3 aromatic carbocycles. The van der Waals surface area contributed by atoms with Gasteiger partial charge in [0.05, 0.1) is 24.6 Å². The summed E-state index contributed by atoms with van der Waals surface area (Å²) >= 11 is 1.29. The van der Waals surface area contributed by atoms with Gasteiger partial charge in [-0.1, -0.05) is 72.4 Å². The van der Waals surface area contributed by atoms with E-state index in [9.17, 15) is 4.79 Å². The number of ether oxygens (including phenoxy) is 1. The number of nitrogens with one attached hydrogen (secondary N) is 1. The fourth-order valence-corrected chi connectivity index (χ4v) is 4.01. The smallest absolute Gasteiger partial charge is 0.230 e. The Balaban J connectivity index is 1.42. The summed E-state index contributed by atoms with van der Waals surface area (Å²) in [5, 5.41) is 15.6. The highest BCUT2D eigenvalue weighted by atomic mass is 32.2. The van der Waals surface area contributed by atoms with E-state index in [0.717, 1.165) is 22.6 Å². The molecule has 0 fully saturated rings. The number of thioether (sulfide) groups is 1. The van der Waals surface area contributed by atoms with Crippen LogP contribution in [0.15, 0.2) is 90.1 Å². The molecule has 0 saturated heterocycles. The largest absolute Gasteiger partial charge is 0.497 e. The third-order valence-corrected chi connectivity index (χ3v) is 5.83. The first-order chi connectivity index (χ1) is 15.7. The van der Waals surface area contributed by atoms with Crippen molar-refractivity contribution in [3.63, 3.8) is 0 Å². The van der Waals surface area contributed by atoms with Gasteiger partial charge in [0.25, 0.3) is 0 Å². The first-order valence-electron chi connectivity index (χ1n) is 10.2. The van der Waals surface area contributed by atoms with Crippen molar-refractivity contribution >= 4 is 17.7 Å². The zero-order valence-electron chi connectivity index (χ0n) is 17.6. The van der Waals surface area contributed by atoms with Gasteiger partial charge in [0.2, 0.25) is 11.1 Å². The second kappa shape index (κ2) is 10.6. The third-order valence-electron chi connectivity index (χ3n) is 4.91. The number of rotatable bonds is 9. The molecular formula is C24H23N5O2S. The topological polar surface area (TPSA) is 81.9 Å². The highest BCUT2D eigenvalue weighted by Gasteiger charge is 2.17. The lowest BCUT2D eigenvalue weighted by Crippen LogP contribution is -2.31. The molecule has 1 aromatic heterocycles. The van der Waals surface area contributed by atoms with Crippen LogP contribution in [0.5, 0.6) is 5.75 Å². The highest BCUT2D eigenvalue weighted by Crippen LogP contribution is 2.22. The lowest BCUT2D eigenvalue weighted by Gasteiger charge is -2.19. The quantitative estimate of drug-likeness (QED) is 0.394. The van der Waals surface area contributed by atoms with Crippen LogP contribution in [-0.2, 0) is 11.2 Å². The van der Waals surface area contributed by atoms with Crippen LogP contribution in [0.25, 0.3) is 5.69 Å². The molecule has 1 atom stereocenters. The summed E-state index contributed by atoms with van der Waals surface area (Å²) in [6.07, 6.45) is 0.713. The number of tetrazole rings is 1. The molecule has 8 heteroatoms. The molecule has 7 nitrogen and oxygen atoms in total. The summed E-state index contributed by atoms with van der Waals surface area (Å²) in [6.45, 7) is 0. The maximum atomic E-state index is 12.8. The van der Waals surface area contributed by atoms with Crippen molar-refractivity contribution in [1.29, 1.82) is 0 Å². The van der Waals surface area contributed by atoms with Gasteiger partial charge in [-0.3, -0.25) is 4.79 Å². The van der Waals surface area contributed by atoms with Gasteiger partial charge < -0.3 is 10.1 Å². The Morgan fingerprint density at radius 3 is 2.38 bits per heavy atom. The molecule has 4 aromatic rings. The second-order valence-electron chi connectivity index (χ2n) is 7.08. The Morgan fingerprint density at radius 2 is 1.69 bits per heavy atom. The van der Waals surface area contributed by atoms with E-state index in [0.29, 0.717) is 11.6 Å². The zero-order chi connectivity index (χ0) is 22.2. The molecule has 0 aliphatic carbocycles. The molecule has 0 spiro atoms. The van der Waals surface area contributed by atoms with Crippen molar-refractivity contribution in [3.05, 3.63) is 96.1 Å². The second-order valence-corrected chi connectivity index (χ2v) is 8.02. The Hall–Kier alpha value is -3.65. The lowest BCUT2D eigenvalue weighted by atomic mass is 9.99. The molecule has 1 N–H and O–H groups in total. The molecule has 0 aliphatic rings. The maximum absolute atomic E-state index is 12.8. The van der Waals surface area contributed by atoms with Gasteiger partial charge in [-0.2, -0.15) is 4.68 Å². The Kier molecular flexibility index (Phi) is 7.14.